The van der Waals surface area contributed by atoms with Crippen LogP contribution in [-0.4, -0.2) is 11.6 Å². The Balaban J connectivity index is 2.84. The molecular formula is C12H18O2. The molecule has 0 fully saturated rings. The van der Waals surface area contributed by atoms with Gasteiger partial charge in [-0.2, -0.15) is 0 Å². The first kappa shape index (κ1) is 11.0. The van der Waals surface area contributed by atoms with Crippen molar-refractivity contribution in [1.82, 2.24) is 0 Å². The van der Waals surface area contributed by atoms with E-state index in [1.165, 1.54) is 12.5 Å². The molecule has 0 spiro atoms. The van der Waals surface area contributed by atoms with Gasteiger partial charge in [-0.15, -0.1) is 0 Å². The minimum Gasteiger partial charge on any atom is -0.454 e. The molecule has 0 radical (unpaired) electrons. The summed E-state index contributed by atoms with van der Waals surface area (Å²) in [6.45, 7) is 9.41. The topological polar surface area (TPSA) is 26.3 Å². The summed E-state index contributed by atoms with van der Waals surface area (Å²) in [5.74, 6) is -0.221. The van der Waals surface area contributed by atoms with E-state index < -0.39 is 5.60 Å². The summed E-state index contributed by atoms with van der Waals surface area (Å²) < 4.78 is 5.41. The lowest BCUT2D eigenvalue weighted by atomic mass is 9.81. The quantitative estimate of drug-likeness (QED) is 0.499. The minimum absolute atomic E-state index is 0.221. The van der Waals surface area contributed by atoms with Gasteiger partial charge in [0, 0.05) is 13.3 Å². The summed E-state index contributed by atoms with van der Waals surface area (Å²) in [5.41, 5.74) is 1.87. The molecule has 78 valence electrons. The van der Waals surface area contributed by atoms with E-state index in [9.17, 15) is 4.79 Å². The molecule has 1 aliphatic carbocycles. The van der Waals surface area contributed by atoms with Crippen LogP contribution in [0.3, 0.4) is 0 Å². The van der Waals surface area contributed by atoms with Gasteiger partial charge < -0.3 is 4.74 Å². The van der Waals surface area contributed by atoms with Crippen molar-refractivity contribution in [3.8, 4) is 0 Å². The Bertz CT molecular complexity index is 289. The van der Waals surface area contributed by atoms with Gasteiger partial charge in [0.15, 0.2) is 0 Å². The zero-order valence-corrected chi connectivity index (χ0v) is 9.22. The lowest BCUT2D eigenvalue weighted by molar-refractivity contribution is -0.154. The van der Waals surface area contributed by atoms with Crippen molar-refractivity contribution in [3.63, 3.8) is 0 Å². The number of carbonyl (C=O) groups is 1. The molecule has 0 aliphatic heterocycles. The lowest BCUT2D eigenvalue weighted by Crippen LogP contribution is -2.36. The van der Waals surface area contributed by atoms with Crippen molar-refractivity contribution in [2.24, 2.45) is 0 Å². The van der Waals surface area contributed by atoms with E-state index >= 15 is 0 Å². The molecule has 0 amide bonds. The molecule has 14 heavy (non-hydrogen) atoms. The highest BCUT2D eigenvalue weighted by Crippen LogP contribution is 2.36. The van der Waals surface area contributed by atoms with Gasteiger partial charge in [-0.25, -0.2) is 0 Å². The molecule has 0 saturated heterocycles. The van der Waals surface area contributed by atoms with Crippen molar-refractivity contribution >= 4 is 5.97 Å². The summed E-state index contributed by atoms with van der Waals surface area (Å²) in [5, 5.41) is 0. The second-order valence-corrected chi connectivity index (χ2v) is 4.12. The van der Waals surface area contributed by atoms with E-state index in [1.54, 1.807) is 0 Å². The van der Waals surface area contributed by atoms with Crippen LogP contribution in [0.25, 0.3) is 0 Å². The number of hydrogen-bond acceptors (Lipinski definition) is 2. The third-order valence-corrected chi connectivity index (χ3v) is 2.82. The standard InChI is InChI=1S/C12H18O2/c1-9(2)12(14-11(4)13)7-5-10(3)6-8-12/h5H,1,6-8H2,2-4H3/t12-/m0/s1. The molecule has 0 aromatic carbocycles. The normalized spacial score (nSPS) is 26.6. The van der Waals surface area contributed by atoms with Crippen LogP contribution in [0.2, 0.25) is 0 Å². The van der Waals surface area contributed by atoms with E-state index in [2.05, 4.69) is 19.6 Å². The molecule has 2 heteroatoms. The van der Waals surface area contributed by atoms with E-state index in [0.717, 1.165) is 24.8 Å². The van der Waals surface area contributed by atoms with Gasteiger partial charge >= 0.3 is 5.97 Å². The maximum atomic E-state index is 11.0. The van der Waals surface area contributed by atoms with Crippen LogP contribution in [0.1, 0.15) is 40.0 Å². The van der Waals surface area contributed by atoms with Crippen LogP contribution < -0.4 is 0 Å². The predicted molar refractivity (Wildman–Crippen MR) is 56.9 cm³/mol. The Morgan fingerprint density at radius 3 is 2.57 bits per heavy atom. The minimum atomic E-state index is -0.439. The zero-order chi connectivity index (χ0) is 10.8. The number of esters is 1. The highest BCUT2D eigenvalue weighted by atomic mass is 16.6. The highest BCUT2D eigenvalue weighted by molar-refractivity contribution is 5.67. The number of ether oxygens (including phenoxy) is 1. The SMILES string of the molecule is C=C(C)[C@]1(OC(C)=O)CC=C(C)CC1. The zero-order valence-electron chi connectivity index (χ0n) is 9.22. The Kier molecular flexibility index (Phi) is 3.14. The number of carbonyl (C=O) groups excluding carboxylic acids is 1. The maximum Gasteiger partial charge on any atom is 0.303 e. The fourth-order valence-electron chi connectivity index (χ4n) is 1.78. The molecule has 1 atom stereocenters. The van der Waals surface area contributed by atoms with E-state index in [1.807, 2.05) is 6.92 Å². The van der Waals surface area contributed by atoms with Crippen LogP contribution >= 0.6 is 0 Å². The molecular weight excluding hydrogens is 176 g/mol. The smallest absolute Gasteiger partial charge is 0.303 e. The van der Waals surface area contributed by atoms with Gasteiger partial charge in [-0.3, -0.25) is 4.79 Å². The Hall–Kier alpha value is -1.05. The second-order valence-electron chi connectivity index (χ2n) is 4.12. The van der Waals surface area contributed by atoms with E-state index in [4.69, 9.17) is 4.74 Å². The molecule has 0 aromatic heterocycles. The number of rotatable bonds is 2. The molecule has 2 nitrogen and oxygen atoms in total. The van der Waals surface area contributed by atoms with Crippen molar-refractivity contribution in [2.45, 2.75) is 45.6 Å². The van der Waals surface area contributed by atoms with Gasteiger partial charge in [0.2, 0.25) is 0 Å². The van der Waals surface area contributed by atoms with E-state index in [0.29, 0.717) is 0 Å². The maximum absolute atomic E-state index is 11.0. The Labute approximate surface area is 85.6 Å². The summed E-state index contributed by atoms with van der Waals surface area (Å²) in [7, 11) is 0. The molecule has 0 saturated carbocycles. The van der Waals surface area contributed by atoms with Crippen LogP contribution in [0.4, 0.5) is 0 Å². The van der Waals surface area contributed by atoms with Gasteiger partial charge in [-0.05, 0) is 32.3 Å². The number of allylic oxidation sites excluding steroid dienone is 1. The fraction of sp³-hybridized carbons (Fsp3) is 0.583. The number of hydrogen-bond donors (Lipinski definition) is 0. The molecule has 0 bridgehead atoms. The van der Waals surface area contributed by atoms with E-state index in [-0.39, 0.29) is 5.97 Å². The van der Waals surface area contributed by atoms with Gasteiger partial charge in [0.05, 0.1) is 0 Å². The van der Waals surface area contributed by atoms with Gasteiger partial charge in [0.25, 0.3) is 0 Å². The molecule has 0 aromatic rings. The molecule has 0 unspecified atom stereocenters. The summed E-state index contributed by atoms with van der Waals surface area (Å²) >= 11 is 0. The van der Waals surface area contributed by atoms with Crippen LogP contribution in [0.15, 0.2) is 23.8 Å². The van der Waals surface area contributed by atoms with Gasteiger partial charge in [0.1, 0.15) is 5.60 Å². The fourth-order valence-corrected chi connectivity index (χ4v) is 1.78. The highest BCUT2D eigenvalue weighted by Gasteiger charge is 2.35. The Morgan fingerprint density at radius 2 is 2.21 bits per heavy atom. The van der Waals surface area contributed by atoms with Crippen LogP contribution in [0, 0.1) is 0 Å². The first-order valence-corrected chi connectivity index (χ1v) is 4.97. The third-order valence-electron chi connectivity index (χ3n) is 2.82. The van der Waals surface area contributed by atoms with Crippen molar-refractivity contribution < 1.29 is 9.53 Å². The Morgan fingerprint density at radius 1 is 1.57 bits per heavy atom. The first-order chi connectivity index (χ1) is 6.46. The first-order valence-electron chi connectivity index (χ1n) is 4.97. The van der Waals surface area contributed by atoms with Crippen LogP contribution in [-0.2, 0) is 9.53 Å². The third kappa shape index (κ3) is 2.25. The molecule has 1 aliphatic rings. The monoisotopic (exact) mass is 194 g/mol. The second kappa shape index (κ2) is 3.99. The van der Waals surface area contributed by atoms with Crippen molar-refractivity contribution in [2.75, 3.05) is 0 Å². The summed E-state index contributed by atoms with van der Waals surface area (Å²) in [4.78, 5) is 11.0. The summed E-state index contributed by atoms with van der Waals surface area (Å²) in [6.07, 6.45) is 4.76. The summed E-state index contributed by atoms with van der Waals surface area (Å²) in [6, 6.07) is 0. The largest absolute Gasteiger partial charge is 0.454 e. The molecule has 0 N–H and O–H groups in total. The van der Waals surface area contributed by atoms with Crippen LogP contribution in [0.5, 0.6) is 0 Å². The van der Waals surface area contributed by atoms with Crippen molar-refractivity contribution in [1.29, 1.82) is 0 Å². The molecule has 1 rings (SSSR count). The lowest BCUT2D eigenvalue weighted by Gasteiger charge is -2.36. The average Bonchev–Trinajstić information content (AvgIpc) is 2.08. The van der Waals surface area contributed by atoms with Crippen molar-refractivity contribution in [3.05, 3.63) is 23.8 Å². The molecule has 0 heterocycles. The van der Waals surface area contributed by atoms with Gasteiger partial charge in [-0.1, -0.05) is 18.2 Å². The average molecular weight is 194 g/mol. The predicted octanol–water partition coefficient (Wildman–Crippen LogP) is 2.99.